The number of nitrogens with zero attached hydrogens (tertiary/aromatic N) is 7. The minimum atomic E-state index is -2.38. The number of unbranched alkanes of at least 4 members (excludes halogenated alkanes) is 7. The zero-order valence-corrected chi connectivity index (χ0v) is 68.2. The molecule has 121 heavy (non-hydrogen) atoms. The van der Waals surface area contributed by atoms with Gasteiger partial charge in [-0.2, -0.15) is 8.78 Å². The van der Waals surface area contributed by atoms with E-state index in [4.69, 9.17) is 68.4 Å². The summed E-state index contributed by atoms with van der Waals surface area (Å²) in [6, 6.07) is 0. The summed E-state index contributed by atoms with van der Waals surface area (Å²) in [5, 5.41) is 119. The lowest BCUT2D eigenvalue weighted by atomic mass is 9.82. The van der Waals surface area contributed by atoms with Gasteiger partial charge in [0.1, 0.15) is 48.0 Å². The molecule has 0 spiro atoms. The van der Waals surface area contributed by atoms with Crippen molar-refractivity contribution in [1.29, 1.82) is 0 Å². The van der Waals surface area contributed by atoms with Crippen LogP contribution in [-0.2, 0) is 107 Å². The van der Waals surface area contributed by atoms with Gasteiger partial charge in [-0.1, -0.05) is 49.0 Å². The van der Waals surface area contributed by atoms with Crippen molar-refractivity contribution in [3.8, 4) is 5.75 Å². The molecule has 3 saturated heterocycles. The molecule has 2 aromatic heterocycles. The van der Waals surface area contributed by atoms with E-state index in [9.17, 15) is 91.9 Å². The number of aliphatic hydroxyl groups excluding tert-OH is 9. The molecule has 12 atom stereocenters. The number of hydrazine groups is 1. The van der Waals surface area contributed by atoms with Gasteiger partial charge in [0.2, 0.25) is 58.5 Å². The highest BCUT2D eigenvalue weighted by Crippen LogP contribution is 2.32. The fourth-order valence-electron chi connectivity index (χ4n) is 13.2. The van der Waals surface area contributed by atoms with Crippen LogP contribution < -0.4 is 37.6 Å². The quantitative estimate of drug-likeness (QED) is 0.00410. The SMILES string of the molecule is N/C(=C\N(N)C[C@H]1CO[C@H](CO)[C@H](O)[C@@H]1O)COCCOCCOCCNC(=O)CCC(CCC(=O)NCCOCCOCCOCc1cn(C[C@H]2CO[C@H](CO)[C@H](O)[C@@H]2O)nn1)(CCC(=O)NCCOCCOCCOCc1cn(C[C@H]2CO[C@H](CO)[C@H](O)[C@@H]2O)nn1)NC(=O)CCCCCCCCCCC(=O)Oc1c(F)c(F)c(F)c(F)c1F. The first-order chi connectivity index (χ1) is 58.3. The predicted molar refractivity (Wildman–Crippen MR) is 411 cm³/mol. The van der Waals surface area contributed by atoms with Crippen molar-refractivity contribution in [2.45, 2.75) is 190 Å². The highest BCUT2D eigenvalue weighted by Gasteiger charge is 2.42. The molecule has 3 fully saturated rings. The van der Waals surface area contributed by atoms with Crippen LogP contribution in [0.15, 0.2) is 24.3 Å². The number of hydrogen-bond acceptors (Lipinski definition) is 34. The zero-order chi connectivity index (χ0) is 87.7. The fraction of sp³-hybridized carbons (Fsp3) is 0.776. The Morgan fingerprint density at radius 1 is 0.463 bits per heavy atom. The summed E-state index contributed by atoms with van der Waals surface area (Å²) in [5.41, 5.74) is 6.10. The van der Waals surface area contributed by atoms with Gasteiger partial charge in [0.05, 0.1) is 208 Å². The van der Waals surface area contributed by atoms with E-state index in [0.29, 0.717) is 49.9 Å². The maximum Gasteiger partial charge on any atom is 0.311 e. The predicted octanol–water partition coefficient (Wildman–Crippen LogP) is -2.37. The Balaban J connectivity index is 0.947. The molecular weight excluding hydrogens is 1620 g/mol. The van der Waals surface area contributed by atoms with E-state index in [-0.39, 0.29) is 247 Å². The molecule has 690 valence electrons. The maximum absolute atomic E-state index is 14.1. The third-order valence-electron chi connectivity index (χ3n) is 20.1. The van der Waals surface area contributed by atoms with Crippen molar-refractivity contribution in [3.63, 3.8) is 0 Å². The summed E-state index contributed by atoms with van der Waals surface area (Å²) in [5.74, 6) is -11.3. The fourth-order valence-corrected chi connectivity index (χ4v) is 13.2. The first-order valence-corrected chi connectivity index (χ1v) is 40.9. The van der Waals surface area contributed by atoms with E-state index in [2.05, 4.69) is 46.6 Å². The van der Waals surface area contributed by atoms with Gasteiger partial charge in [-0.25, -0.2) is 19.0 Å². The number of aliphatic hydroxyl groups is 9. The summed E-state index contributed by atoms with van der Waals surface area (Å²) < 4.78 is 143. The highest BCUT2D eigenvalue weighted by molar-refractivity contribution is 5.80. The van der Waals surface area contributed by atoms with E-state index in [1.165, 1.54) is 20.6 Å². The van der Waals surface area contributed by atoms with Crippen molar-refractivity contribution in [1.82, 2.24) is 56.3 Å². The number of benzene rings is 1. The van der Waals surface area contributed by atoms with E-state index >= 15 is 0 Å². The molecule has 0 unspecified atom stereocenters. The molecule has 17 N–H and O–H groups in total. The number of amides is 4. The molecule has 5 heterocycles. The largest absolute Gasteiger partial charge is 0.420 e. The molecule has 4 amide bonds. The minimum Gasteiger partial charge on any atom is -0.420 e. The molecule has 1 aromatic carbocycles. The second-order valence-corrected chi connectivity index (χ2v) is 29.6. The number of nitrogens with one attached hydrogen (secondary N) is 4. The Morgan fingerprint density at radius 3 is 1.21 bits per heavy atom. The normalized spacial score (nSPS) is 21.5. The van der Waals surface area contributed by atoms with Crippen molar-refractivity contribution in [2.75, 3.05) is 172 Å². The first kappa shape index (κ1) is 103. The lowest BCUT2D eigenvalue weighted by Gasteiger charge is -2.38. The van der Waals surface area contributed by atoms with Crippen LogP contribution in [0.4, 0.5) is 22.0 Å². The van der Waals surface area contributed by atoms with Crippen LogP contribution in [0, 0.1) is 46.8 Å². The minimum absolute atomic E-state index is 0.0103. The summed E-state index contributed by atoms with van der Waals surface area (Å²) in [4.78, 5) is 67.2. The van der Waals surface area contributed by atoms with Gasteiger partial charge in [0.25, 0.3) is 0 Å². The monoisotopic (exact) mass is 1750 g/mol. The van der Waals surface area contributed by atoms with E-state index in [1.807, 2.05) is 0 Å². The van der Waals surface area contributed by atoms with Crippen LogP contribution in [0.5, 0.6) is 5.75 Å². The molecule has 6 rings (SSSR count). The number of aromatic nitrogens is 6. The number of carbonyl (C=O) groups excluding carboxylic acids is 5. The molecule has 3 aromatic rings. The van der Waals surface area contributed by atoms with Gasteiger partial charge in [-0.3, -0.25) is 33.3 Å². The average molecular weight is 1750 g/mol. The Hall–Kier alpha value is -7.04. The van der Waals surface area contributed by atoms with Crippen LogP contribution in [0.25, 0.3) is 0 Å². The Kier molecular flexibility index (Phi) is 49.4. The third kappa shape index (κ3) is 38.5. The van der Waals surface area contributed by atoms with Gasteiger partial charge >= 0.3 is 5.97 Å². The highest BCUT2D eigenvalue weighted by atomic mass is 19.2. The molecule has 40 nitrogen and oxygen atoms in total. The molecule has 0 aliphatic carbocycles. The van der Waals surface area contributed by atoms with E-state index < -0.39 is 157 Å². The number of hydrogen-bond donors (Lipinski definition) is 15. The first-order valence-electron chi connectivity index (χ1n) is 40.9. The van der Waals surface area contributed by atoms with Crippen molar-refractivity contribution < 1.29 is 153 Å². The number of esters is 1. The smallest absolute Gasteiger partial charge is 0.311 e. The Bertz CT molecular complexity index is 3340. The van der Waals surface area contributed by atoms with Crippen molar-refractivity contribution in [2.24, 2.45) is 29.3 Å². The van der Waals surface area contributed by atoms with Gasteiger partial charge in [0.15, 0.2) is 0 Å². The lowest BCUT2D eigenvalue weighted by Crippen LogP contribution is -2.54. The molecule has 3 aliphatic rings. The molecular formula is C76H124F5N13O27. The topological polar surface area (TPSA) is 552 Å². The average Bonchev–Trinajstić information content (AvgIpc) is 1.33. The van der Waals surface area contributed by atoms with Crippen molar-refractivity contribution >= 4 is 29.6 Å². The standard InChI is InChI=1S/C76H124F5N13O27/c77-64-65(78)67(80)75(68(81)66(64)79)121-63(102)10-8-6-4-2-1-3-5-7-9-62(101)87-76(14-11-59(98)84-17-20-109-23-26-112-29-32-115-47-53(82)38-92(83)35-50-44-118-56(41-95)72(106)69(50)103,15-12-60(99)85-18-21-110-24-27-113-30-33-116-48-54-39-93(90-88-54)36-51-45-119-57(42-96)73(107)70(51)104)16-13-61(100)86-19-22-111-25-28-114-31-34-117-49-55-40-94(91-89-55)37-52-46-120-58(43-97)74(108)71(52)105/h38-40,50-52,56-58,69-74,95-97,103-108H,1-37,41-49,82-83H2,(H,84,98)(H,85,99)(H,86,100)(H,87,101)/b53-38-/t50-,51-,52-,56+,57+,58+,69+,70+,71+,72-,73-,74-/m0/s1. The Morgan fingerprint density at radius 2 is 0.810 bits per heavy atom. The van der Waals surface area contributed by atoms with Gasteiger partial charge < -0.3 is 140 Å². The number of rotatable bonds is 65. The molecule has 3 aliphatic heterocycles. The molecule has 0 saturated carbocycles. The second-order valence-electron chi connectivity index (χ2n) is 29.6. The number of carbonyl (C=O) groups is 5. The van der Waals surface area contributed by atoms with Gasteiger partial charge in [0, 0.05) is 87.8 Å². The van der Waals surface area contributed by atoms with Crippen LogP contribution in [0.2, 0.25) is 0 Å². The number of halogens is 5. The van der Waals surface area contributed by atoms with Gasteiger partial charge in [-0.05, 0) is 32.1 Å². The molecule has 45 heteroatoms. The molecule has 0 bridgehead atoms. The number of nitrogens with two attached hydrogens (primary N) is 2. The summed E-state index contributed by atoms with van der Waals surface area (Å²) in [6.07, 6.45) is -1.21. The zero-order valence-electron chi connectivity index (χ0n) is 68.2. The van der Waals surface area contributed by atoms with Crippen LogP contribution in [0.1, 0.15) is 114 Å². The van der Waals surface area contributed by atoms with Crippen LogP contribution in [0.3, 0.4) is 0 Å². The second kappa shape index (κ2) is 58.2. The summed E-state index contributed by atoms with van der Waals surface area (Å²) in [6.45, 7) is 2.87. The lowest BCUT2D eigenvalue weighted by molar-refractivity contribution is -0.177. The summed E-state index contributed by atoms with van der Waals surface area (Å²) in [7, 11) is 0. The van der Waals surface area contributed by atoms with E-state index in [0.717, 1.165) is 6.42 Å². The Labute approximate surface area is 697 Å². The van der Waals surface area contributed by atoms with Crippen molar-refractivity contribution in [3.05, 3.63) is 64.8 Å². The van der Waals surface area contributed by atoms with Crippen LogP contribution >= 0.6 is 0 Å². The van der Waals surface area contributed by atoms with Gasteiger partial charge in [-0.15, -0.1) is 10.2 Å². The maximum atomic E-state index is 14.1. The van der Waals surface area contributed by atoms with E-state index in [1.54, 1.807) is 12.4 Å². The molecule has 0 radical (unpaired) electrons. The number of ether oxygens (including phenoxy) is 13. The van der Waals surface area contributed by atoms with Crippen LogP contribution in [-0.4, -0.2) is 343 Å². The summed E-state index contributed by atoms with van der Waals surface area (Å²) >= 11 is 0. The third-order valence-corrected chi connectivity index (χ3v) is 20.1.